The fraction of sp³-hybridized carbons (Fsp3) is 0.571. The second kappa shape index (κ2) is 6.45. The molecule has 3 nitrogen and oxygen atoms in total. The van der Waals surface area contributed by atoms with E-state index in [-0.39, 0.29) is 6.10 Å². The van der Waals surface area contributed by atoms with E-state index < -0.39 is 17.3 Å². The number of nitrogens with two attached hydrogens (primary N) is 1. The molecule has 0 aliphatic rings. The molecule has 20 heavy (non-hydrogen) atoms. The van der Waals surface area contributed by atoms with Gasteiger partial charge in [0.1, 0.15) is 11.4 Å². The van der Waals surface area contributed by atoms with Gasteiger partial charge in [0.25, 0.3) is 0 Å². The molecule has 6 heteroatoms. The maximum absolute atomic E-state index is 12.5. The molecule has 0 radical (unpaired) electrons. The smallest absolute Gasteiger partial charge is 0.416 e. The molecular weight excluding hydrogens is 271 g/mol. The Labute approximate surface area is 116 Å². The van der Waals surface area contributed by atoms with Crippen molar-refractivity contribution in [2.45, 2.75) is 38.1 Å². The number of rotatable bonds is 6. The molecule has 1 rings (SSSR count). The van der Waals surface area contributed by atoms with E-state index in [4.69, 9.17) is 15.2 Å². The lowest BCUT2D eigenvalue weighted by atomic mass is 9.95. The van der Waals surface area contributed by atoms with Crippen molar-refractivity contribution in [3.8, 4) is 5.75 Å². The predicted molar refractivity (Wildman–Crippen MR) is 70.6 cm³/mol. The molecule has 0 aliphatic carbocycles. The maximum atomic E-state index is 12.5. The molecule has 2 unspecified atom stereocenters. The molecule has 0 bridgehead atoms. The van der Waals surface area contributed by atoms with Crippen LogP contribution in [0, 0.1) is 0 Å². The molecule has 1 aromatic rings. The van der Waals surface area contributed by atoms with Crippen molar-refractivity contribution >= 4 is 0 Å². The minimum absolute atomic E-state index is 0.242. The van der Waals surface area contributed by atoms with E-state index in [0.29, 0.717) is 18.7 Å². The van der Waals surface area contributed by atoms with Gasteiger partial charge in [-0.2, -0.15) is 13.2 Å². The largest absolute Gasteiger partial charge is 0.485 e. The lowest BCUT2D eigenvalue weighted by Gasteiger charge is -2.35. The molecule has 1 aromatic carbocycles. The van der Waals surface area contributed by atoms with Crippen molar-refractivity contribution < 1.29 is 22.6 Å². The van der Waals surface area contributed by atoms with Crippen LogP contribution in [0.5, 0.6) is 5.75 Å². The molecule has 0 amide bonds. The number of halogens is 3. The van der Waals surface area contributed by atoms with Crippen LogP contribution in [-0.4, -0.2) is 25.4 Å². The number of methoxy groups -OCH3 is 1. The third-order valence-corrected chi connectivity index (χ3v) is 3.39. The summed E-state index contributed by atoms with van der Waals surface area (Å²) in [6.07, 6.45) is -4.06. The zero-order valence-corrected chi connectivity index (χ0v) is 11.8. The van der Waals surface area contributed by atoms with E-state index in [1.165, 1.54) is 12.1 Å². The van der Waals surface area contributed by atoms with Gasteiger partial charge >= 0.3 is 6.18 Å². The first kappa shape index (κ1) is 16.8. The molecule has 114 valence electrons. The van der Waals surface area contributed by atoms with E-state index in [1.54, 1.807) is 7.11 Å². The Hall–Kier alpha value is -1.27. The minimum atomic E-state index is -4.35. The number of alkyl halides is 3. The first-order valence-corrected chi connectivity index (χ1v) is 6.32. The van der Waals surface area contributed by atoms with Crippen LogP contribution >= 0.6 is 0 Å². The number of ether oxygens (including phenoxy) is 2. The Bertz CT molecular complexity index is 419. The van der Waals surface area contributed by atoms with Gasteiger partial charge < -0.3 is 15.2 Å². The summed E-state index contributed by atoms with van der Waals surface area (Å²) in [7, 11) is 1.55. The zero-order valence-electron chi connectivity index (χ0n) is 11.8. The molecule has 0 saturated heterocycles. The van der Waals surface area contributed by atoms with Gasteiger partial charge in [0.05, 0.1) is 11.7 Å². The predicted octanol–water partition coefficient (Wildman–Crippen LogP) is 3.23. The number of hydrogen-bond acceptors (Lipinski definition) is 3. The van der Waals surface area contributed by atoms with Gasteiger partial charge in [-0.15, -0.1) is 0 Å². The molecule has 0 aromatic heterocycles. The molecule has 0 spiro atoms. The van der Waals surface area contributed by atoms with E-state index in [9.17, 15) is 13.2 Å². The van der Waals surface area contributed by atoms with Crippen LogP contribution in [0.1, 0.15) is 25.8 Å². The summed E-state index contributed by atoms with van der Waals surface area (Å²) >= 11 is 0. The number of benzene rings is 1. The molecule has 2 atom stereocenters. The summed E-state index contributed by atoms with van der Waals surface area (Å²) in [6, 6.07) is 4.60. The Morgan fingerprint density at radius 3 is 2.15 bits per heavy atom. The highest BCUT2D eigenvalue weighted by Crippen LogP contribution is 2.32. The first-order valence-electron chi connectivity index (χ1n) is 6.32. The summed E-state index contributed by atoms with van der Waals surface area (Å²) in [6.45, 7) is 4.05. The van der Waals surface area contributed by atoms with Crippen LogP contribution in [0.2, 0.25) is 0 Å². The van der Waals surface area contributed by atoms with Crippen LogP contribution in [0.25, 0.3) is 0 Å². The van der Waals surface area contributed by atoms with Crippen molar-refractivity contribution in [3.05, 3.63) is 29.8 Å². The van der Waals surface area contributed by atoms with Crippen molar-refractivity contribution in [1.82, 2.24) is 0 Å². The van der Waals surface area contributed by atoms with Crippen molar-refractivity contribution in [1.29, 1.82) is 0 Å². The molecule has 0 fully saturated rings. The normalized spacial score (nSPS) is 16.6. The van der Waals surface area contributed by atoms with Gasteiger partial charge in [0, 0.05) is 13.5 Å². The maximum Gasteiger partial charge on any atom is 0.416 e. The Balaban J connectivity index is 2.90. The topological polar surface area (TPSA) is 44.5 Å². The standard InChI is InChI=1S/C14H20F3NO2/c1-10(19-3)13(2,8-9-18)20-12-6-4-11(5-7-12)14(15,16)17/h4-7,10H,8-9,18H2,1-3H3. The van der Waals surface area contributed by atoms with E-state index in [2.05, 4.69) is 0 Å². The lowest BCUT2D eigenvalue weighted by Crippen LogP contribution is -2.45. The van der Waals surface area contributed by atoms with E-state index in [0.717, 1.165) is 12.1 Å². The molecule has 0 aliphatic heterocycles. The van der Waals surface area contributed by atoms with E-state index in [1.807, 2.05) is 13.8 Å². The minimum Gasteiger partial charge on any atom is -0.485 e. The van der Waals surface area contributed by atoms with Gasteiger partial charge in [0.2, 0.25) is 0 Å². The third kappa shape index (κ3) is 4.11. The highest BCUT2D eigenvalue weighted by molar-refractivity contribution is 5.29. The molecule has 2 N–H and O–H groups in total. The fourth-order valence-electron chi connectivity index (χ4n) is 1.85. The van der Waals surface area contributed by atoms with Crippen LogP contribution in [-0.2, 0) is 10.9 Å². The quantitative estimate of drug-likeness (QED) is 0.875. The van der Waals surface area contributed by atoms with Crippen LogP contribution in [0.4, 0.5) is 13.2 Å². The average molecular weight is 291 g/mol. The lowest BCUT2D eigenvalue weighted by molar-refractivity contribution is -0.137. The summed E-state index contributed by atoms with van der Waals surface area (Å²) in [5, 5.41) is 0. The monoisotopic (exact) mass is 291 g/mol. The molecule has 0 saturated carbocycles. The second-order valence-corrected chi connectivity index (χ2v) is 4.85. The number of hydrogen-bond donors (Lipinski definition) is 1. The molecular formula is C14H20F3NO2. The van der Waals surface area contributed by atoms with Crippen LogP contribution in [0.15, 0.2) is 24.3 Å². The van der Waals surface area contributed by atoms with Crippen molar-refractivity contribution in [2.24, 2.45) is 5.73 Å². The van der Waals surface area contributed by atoms with Crippen molar-refractivity contribution in [3.63, 3.8) is 0 Å². The summed E-state index contributed by atoms with van der Waals surface area (Å²) < 4.78 is 48.5. The SMILES string of the molecule is COC(C)C(C)(CCN)Oc1ccc(C(F)(F)F)cc1. The van der Waals surface area contributed by atoms with Crippen LogP contribution in [0.3, 0.4) is 0 Å². The highest BCUT2D eigenvalue weighted by atomic mass is 19.4. The Morgan fingerprint density at radius 1 is 1.20 bits per heavy atom. The van der Waals surface area contributed by atoms with E-state index >= 15 is 0 Å². The summed E-state index contributed by atoms with van der Waals surface area (Å²) in [5.74, 6) is 0.359. The van der Waals surface area contributed by atoms with Crippen molar-refractivity contribution in [2.75, 3.05) is 13.7 Å². The highest BCUT2D eigenvalue weighted by Gasteiger charge is 2.34. The Morgan fingerprint density at radius 2 is 1.75 bits per heavy atom. The van der Waals surface area contributed by atoms with Crippen LogP contribution < -0.4 is 10.5 Å². The molecule has 0 heterocycles. The first-order chi connectivity index (χ1) is 9.23. The average Bonchev–Trinajstić information content (AvgIpc) is 2.37. The third-order valence-electron chi connectivity index (χ3n) is 3.39. The summed E-state index contributed by atoms with van der Waals surface area (Å²) in [4.78, 5) is 0. The van der Waals surface area contributed by atoms with Gasteiger partial charge in [-0.25, -0.2) is 0 Å². The Kier molecular flexibility index (Phi) is 5.42. The zero-order chi connectivity index (χ0) is 15.4. The van der Waals surface area contributed by atoms with Gasteiger partial charge in [0.15, 0.2) is 0 Å². The van der Waals surface area contributed by atoms with Gasteiger partial charge in [-0.1, -0.05) is 0 Å². The van der Waals surface area contributed by atoms with Gasteiger partial charge in [-0.05, 0) is 44.7 Å². The van der Waals surface area contributed by atoms with Gasteiger partial charge in [-0.3, -0.25) is 0 Å². The summed E-state index contributed by atoms with van der Waals surface area (Å²) in [5.41, 5.74) is 4.16. The second-order valence-electron chi connectivity index (χ2n) is 4.85. The fourth-order valence-corrected chi connectivity index (χ4v) is 1.85.